The molecule has 0 aliphatic heterocycles. The van der Waals surface area contributed by atoms with Gasteiger partial charge in [0.1, 0.15) is 0 Å². The summed E-state index contributed by atoms with van der Waals surface area (Å²) in [6.45, 7) is 4.25. The molecule has 19 heavy (non-hydrogen) atoms. The Morgan fingerprint density at radius 3 is 2.58 bits per heavy atom. The molecule has 0 aliphatic carbocycles. The summed E-state index contributed by atoms with van der Waals surface area (Å²) in [6, 6.07) is 5.69. The normalized spacial score (nSPS) is 11.4. The largest absolute Gasteiger partial charge is 0.359 e. The maximum absolute atomic E-state index is 12.6. The average molecular weight is 278 g/mol. The van der Waals surface area contributed by atoms with Crippen LogP contribution in [-0.4, -0.2) is 10.8 Å². The van der Waals surface area contributed by atoms with Gasteiger partial charge in [0.05, 0.1) is 10.5 Å². The fourth-order valence-electron chi connectivity index (χ4n) is 2.64. The first-order valence-electron chi connectivity index (χ1n) is 6.98. The molecule has 2 aromatic rings. The molecule has 0 unspecified atom stereocenters. The molecule has 0 bridgehead atoms. The Morgan fingerprint density at radius 2 is 1.95 bits per heavy atom. The van der Waals surface area contributed by atoms with Crippen LogP contribution in [0, 0.1) is 5.92 Å². The van der Waals surface area contributed by atoms with Crippen molar-refractivity contribution < 1.29 is 4.79 Å². The number of para-hydroxylation sites is 1. The third-order valence-electron chi connectivity index (χ3n) is 3.58. The monoisotopic (exact) mass is 277 g/mol. The van der Waals surface area contributed by atoms with Crippen LogP contribution in [0.4, 0.5) is 0 Å². The van der Waals surface area contributed by atoms with E-state index in [-0.39, 0.29) is 11.7 Å². The summed E-state index contributed by atoms with van der Waals surface area (Å²) in [5, 5.41) is 1.61. The molecule has 3 heteroatoms. The van der Waals surface area contributed by atoms with Gasteiger partial charge in [-0.05, 0) is 18.9 Å². The first-order chi connectivity index (χ1) is 9.19. The number of hydrogen-bond acceptors (Lipinski definition) is 1. The Bertz CT molecular complexity index is 567. The summed E-state index contributed by atoms with van der Waals surface area (Å²) >= 11 is 6.13. The van der Waals surface area contributed by atoms with Crippen molar-refractivity contribution in [2.24, 2.45) is 5.92 Å². The zero-order chi connectivity index (χ0) is 13.8. The highest BCUT2D eigenvalue weighted by molar-refractivity contribution is 6.35. The lowest BCUT2D eigenvalue weighted by atomic mass is 9.90. The number of ketones is 1. The van der Waals surface area contributed by atoms with Crippen LogP contribution >= 0.6 is 11.6 Å². The number of fused-ring (bicyclic) bond motifs is 1. The van der Waals surface area contributed by atoms with Gasteiger partial charge in [-0.3, -0.25) is 4.79 Å². The zero-order valence-electron chi connectivity index (χ0n) is 11.5. The Hall–Kier alpha value is -1.28. The van der Waals surface area contributed by atoms with Gasteiger partial charge in [-0.1, -0.05) is 50.4 Å². The highest BCUT2D eigenvalue weighted by atomic mass is 35.5. The number of hydrogen-bond donors (Lipinski definition) is 1. The molecule has 0 atom stereocenters. The number of Topliss-reactive ketones (excluding diaryl/α,β-unsaturated/α-hetero) is 1. The maximum Gasteiger partial charge on any atom is 0.168 e. The van der Waals surface area contributed by atoms with Crippen LogP contribution in [0.3, 0.4) is 0 Å². The summed E-state index contributed by atoms with van der Waals surface area (Å²) in [5.74, 6) is 0.380. The minimum absolute atomic E-state index is 0.132. The van der Waals surface area contributed by atoms with E-state index in [1.165, 1.54) is 0 Å². The molecule has 2 rings (SSSR count). The molecule has 0 saturated carbocycles. The topological polar surface area (TPSA) is 32.9 Å². The predicted octanol–water partition coefficient (Wildman–Crippen LogP) is 5.22. The van der Waals surface area contributed by atoms with E-state index < -0.39 is 0 Å². The lowest BCUT2D eigenvalue weighted by molar-refractivity contribution is 0.0906. The molecule has 1 N–H and O–H groups in total. The van der Waals surface area contributed by atoms with E-state index >= 15 is 0 Å². The molecule has 0 fully saturated rings. The van der Waals surface area contributed by atoms with Gasteiger partial charge >= 0.3 is 0 Å². The van der Waals surface area contributed by atoms with E-state index in [1.807, 2.05) is 18.2 Å². The molecule has 0 radical (unpaired) electrons. The quantitative estimate of drug-likeness (QED) is 0.721. The van der Waals surface area contributed by atoms with E-state index in [4.69, 9.17) is 11.6 Å². The highest BCUT2D eigenvalue weighted by Gasteiger charge is 2.21. The van der Waals surface area contributed by atoms with Gasteiger partial charge < -0.3 is 4.98 Å². The van der Waals surface area contributed by atoms with E-state index in [9.17, 15) is 4.79 Å². The summed E-state index contributed by atoms with van der Waals surface area (Å²) in [7, 11) is 0. The van der Waals surface area contributed by atoms with Crippen molar-refractivity contribution in [3.63, 3.8) is 0 Å². The standard InChI is InChI=1S/C16H20ClNO/c1-3-6-11(7-4-2)16(19)13-10-18-15-12(13)8-5-9-14(15)17/h5,8-11,18H,3-4,6-7H2,1-2H3. The lowest BCUT2D eigenvalue weighted by Gasteiger charge is -2.13. The minimum Gasteiger partial charge on any atom is -0.359 e. The van der Waals surface area contributed by atoms with Crippen LogP contribution in [0.5, 0.6) is 0 Å². The van der Waals surface area contributed by atoms with Crippen molar-refractivity contribution >= 4 is 28.3 Å². The van der Waals surface area contributed by atoms with E-state index in [0.717, 1.165) is 42.1 Å². The molecule has 0 aliphatic rings. The molecule has 1 heterocycles. The number of halogens is 1. The van der Waals surface area contributed by atoms with Crippen LogP contribution in [0.2, 0.25) is 5.02 Å². The number of carbonyl (C=O) groups is 1. The van der Waals surface area contributed by atoms with Gasteiger partial charge in [-0.15, -0.1) is 0 Å². The fraction of sp³-hybridized carbons (Fsp3) is 0.438. The van der Waals surface area contributed by atoms with Gasteiger partial charge in [0.2, 0.25) is 0 Å². The van der Waals surface area contributed by atoms with Crippen LogP contribution in [-0.2, 0) is 0 Å². The van der Waals surface area contributed by atoms with Gasteiger partial charge in [-0.2, -0.15) is 0 Å². The molecule has 2 nitrogen and oxygen atoms in total. The summed E-state index contributed by atoms with van der Waals surface area (Å²) in [4.78, 5) is 15.8. The SMILES string of the molecule is CCCC(CCC)C(=O)c1c[nH]c2c(Cl)cccc12. The van der Waals surface area contributed by atoms with Crippen LogP contribution < -0.4 is 0 Å². The summed E-state index contributed by atoms with van der Waals surface area (Å²) in [6.07, 6.45) is 5.80. The van der Waals surface area contributed by atoms with E-state index in [1.54, 1.807) is 6.20 Å². The van der Waals surface area contributed by atoms with Crippen molar-refractivity contribution in [2.45, 2.75) is 39.5 Å². The number of aromatic amines is 1. The number of H-pyrrole nitrogens is 1. The van der Waals surface area contributed by atoms with Crippen molar-refractivity contribution in [3.8, 4) is 0 Å². The Morgan fingerprint density at radius 1 is 1.26 bits per heavy atom. The zero-order valence-corrected chi connectivity index (χ0v) is 12.3. The van der Waals surface area contributed by atoms with Crippen LogP contribution in [0.1, 0.15) is 49.9 Å². The van der Waals surface area contributed by atoms with Crippen molar-refractivity contribution in [1.29, 1.82) is 0 Å². The lowest BCUT2D eigenvalue weighted by Crippen LogP contribution is -2.14. The third-order valence-corrected chi connectivity index (χ3v) is 3.89. The van der Waals surface area contributed by atoms with Gasteiger partial charge in [0.15, 0.2) is 5.78 Å². The van der Waals surface area contributed by atoms with Crippen LogP contribution in [0.25, 0.3) is 10.9 Å². The van der Waals surface area contributed by atoms with Gasteiger partial charge in [0.25, 0.3) is 0 Å². The van der Waals surface area contributed by atoms with Crippen molar-refractivity contribution in [1.82, 2.24) is 4.98 Å². The highest BCUT2D eigenvalue weighted by Crippen LogP contribution is 2.28. The van der Waals surface area contributed by atoms with Crippen molar-refractivity contribution in [2.75, 3.05) is 0 Å². The maximum atomic E-state index is 12.6. The minimum atomic E-state index is 0.132. The van der Waals surface area contributed by atoms with Crippen molar-refractivity contribution in [3.05, 3.63) is 35.0 Å². The second-order valence-electron chi connectivity index (χ2n) is 5.00. The number of benzene rings is 1. The molecule has 0 spiro atoms. The number of rotatable bonds is 6. The van der Waals surface area contributed by atoms with Crippen LogP contribution in [0.15, 0.2) is 24.4 Å². The van der Waals surface area contributed by atoms with E-state index in [0.29, 0.717) is 5.02 Å². The molecule has 1 aromatic carbocycles. The second-order valence-corrected chi connectivity index (χ2v) is 5.41. The number of nitrogens with one attached hydrogen (secondary N) is 1. The molecule has 1 aromatic heterocycles. The number of carbonyl (C=O) groups excluding carboxylic acids is 1. The van der Waals surface area contributed by atoms with Gasteiger partial charge in [0, 0.05) is 23.1 Å². The Balaban J connectivity index is 2.37. The second kappa shape index (κ2) is 6.25. The molecular formula is C16H20ClNO. The average Bonchev–Trinajstić information content (AvgIpc) is 2.83. The fourth-order valence-corrected chi connectivity index (χ4v) is 2.87. The molecule has 102 valence electrons. The molecule has 0 saturated heterocycles. The summed E-state index contributed by atoms with van der Waals surface area (Å²) in [5.41, 5.74) is 1.64. The summed E-state index contributed by atoms with van der Waals surface area (Å²) < 4.78 is 0. The molecule has 0 amide bonds. The first kappa shape index (κ1) is 14.1. The third kappa shape index (κ3) is 2.84. The molecular weight excluding hydrogens is 258 g/mol. The predicted molar refractivity (Wildman–Crippen MR) is 80.9 cm³/mol. The number of aromatic nitrogens is 1. The Labute approximate surface area is 119 Å². The first-order valence-corrected chi connectivity index (χ1v) is 7.36. The Kier molecular flexibility index (Phi) is 4.65. The van der Waals surface area contributed by atoms with E-state index in [2.05, 4.69) is 18.8 Å². The van der Waals surface area contributed by atoms with Gasteiger partial charge in [-0.25, -0.2) is 0 Å². The smallest absolute Gasteiger partial charge is 0.168 e.